The summed E-state index contributed by atoms with van der Waals surface area (Å²) in [7, 11) is 0. The molecule has 1 aromatic rings. The van der Waals surface area contributed by atoms with Crippen LogP contribution in [0.4, 0.5) is 0 Å². The highest BCUT2D eigenvalue weighted by molar-refractivity contribution is 5.37. The molecule has 1 heteroatoms. The fourth-order valence-electron chi connectivity index (χ4n) is 3.13. The van der Waals surface area contributed by atoms with Crippen LogP contribution in [0.25, 0.3) is 0 Å². The number of rotatable bonds is 4. The second-order valence-corrected chi connectivity index (χ2v) is 6.19. The average Bonchev–Trinajstić information content (AvgIpc) is 2.33. The third-order valence-electron chi connectivity index (χ3n) is 4.12. The van der Waals surface area contributed by atoms with Crippen molar-refractivity contribution in [1.29, 1.82) is 0 Å². The summed E-state index contributed by atoms with van der Waals surface area (Å²) in [6, 6.07) is 7.76. The van der Waals surface area contributed by atoms with Crippen molar-refractivity contribution in [2.45, 2.75) is 65.5 Å². The Labute approximate surface area is 112 Å². The Kier molecular flexibility index (Phi) is 4.45. The highest BCUT2D eigenvalue weighted by Crippen LogP contribution is 2.31. The van der Waals surface area contributed by atoms with Gasteiger partial charge in [-0.3, -0.25) is 0 Å². The van der Waals surface area contributed by atoms with Crippen molar-refractivity contribution in [1.82, 2.24) is 5.32 Å². The van der Waals surface area contributed by atoms with E-state index in [4.69, 9.17) is 0 Å². The van der Waals surface area contributed by atoms with Crippen LogP contribution in [-0.4, -0.2) is 6.04 Å². The van der Waals surface area contributed by atoms with Gasteiger partial charge in [-0.2, -0.15) is 0 Å². The van der Waals surface area contributed by atoms with Crippen LogP contribution in [0.2, 0.25) is 0 Å². The van der Waals surface area contributed by atoms with Crippen molar-refractivity contribution in [2.24, 2.45) is 5.92 Å². The minimum Gasteiger partial charge on any atom is -0.309 e. The van der Waals surface area contributed by atoms with Crippen LogP contribution in [-0.2, 0) is 13.0 Å². The Morgan fingerprint density at radius 2 is 2.11 bits per heavy atom. The molecule has 100 valence electrons. The van der Waals surface area contributed by atoms with E-state index in [0.29, 0.717) is 12.0 Å². The second kappa shape index (κ2) is 5.88. The van der Waals surface area contributed by atoms with Crippen LogP contribution >= 0.6 is 0 Å². The van der Waals surface area contributed by atoms with Gasteiger partial charge in [0, 0.05) is 12.6 Å². The molecule has 0 saturated heterocycles. The second-order valence-electron chi connectivity index (χ2n) is 6.19. The van der Waals surface area contributed by atoms with Crippen molar-refractivity contribution in [3.8, 4) is 0 Å². The van der Waals surface area contributed by atoms with Gasteiger partial charge in [0.05, 0.1) is 0 Å². The number of fused-ring (bicyclic) bond motifs is 1. The molecule has 1 aromatic carbocycles. The summed E-state index contributed by atoms with van der Waals surface area (Å²) >= 11 is 0. The van der Waals surface area contributed by atoms with Gasteiger partial charge >= 0.3 is 0 Å². The predicted molar refractivity (Wildman–Crippen MR) is 78.9 cm³/mol. The molecule has 1 N–H and O–H groups in total. The lowest BCUT2D eigenvalue weighted by molar-refractivity contribution is 0.355. The maximum Gasteiger partial charge on any atom is 0.0211 e. The lowest BCUT2D eigenvalue weighted by Crippen LogP contribution is -2.39. The summed E-state index contributed by atoms with van der Waals surface area (Å²) in [5.41, 5.74) is 4.58. The third kappa shape index (κ3) is 2.95. The van der Waals surface area contributed by atoms with Crippen molar-refractivity contribution in [3.05, 3.63) is 34.9 Å². The van der Waals surface area contributed by atoms with E-state index in [-0.39, 0.29) is 0 Å². The first-order chi connectivity index (χ1) is 8.61. The number of hydrogen-bond donors (Lipinski definition) is 1. The van der Waals surface area contributed by atoms with Gasteiger partial charge in [0.1, 0.15) is 0 Å². The van der Waals surface area contributed by atoms with E-state index in [1.165, 1.54) is 30.4 Å². The quantitative estimate of drug-likeness (QED) is 0.835. The lowest BCUT2D eigenvalue weighted by Gasteiger charge is -2.34. The molecule has 1 aliphatic heterocycles. The van der Waals surface area contributed by atoms with Gasteiger partial charge < -0.3 is 5.32 Å². The molecule has 0 aliphatic carbocycles. The number of hydrogen-bond acceptors (Lipinski definition) is 1. The highest BCUT2D eigenvalue weighted by atomic mass is 14.9. The summed E-state index contributed by atoms with van der Waals surface area (Å²) < 4.78 is 0. The third-order valence-corrected chi connectivity index (χ3v) is 4.12. The van der Waals surface area contributed by atoms with Gasteiger partial charge in [-0.05, 0) is 41.4 Å². The van der Waals surface area contributed by atoms with Gasteiger partial charge in [0.2, 0.25) is 0 Å². The zero-order valence-corrected chi connectivity index (χ0v) is 12.3. The van der Waals surface area contributed by atoms with E-state index in [9.17, 15) is 0 Å². The van der Waals surface area contributed by atoms with Gasteiger partial charge in [0.15, 0.2) is 0 Å². The monoisotopic (exact) mass is 245 g/mol. The molecule has 2 rings (SSSR count). The van der Waals surface area contributed by atoms with Crippen LogP contribution in [0.1, 0.15) is 63.1 Å². The smallest absolute Gasteiger partial charge is 0.0211 e. The van der Waals surface area contributed by atoms with E-state index >= 15 is 0 Å². The number of aryl methyl sites for hydroxylation is 1. The Morgan fingerprint density at radius 1 is 1.33 bits per heavy atom. The molecule has 0 spiro atoms. The molecule has 1 heterocycles. The molecule has 2 unspecified atom stereocenters. The van der Waals surface area contributed by atoms with Crippen molar-refractivity contribution in [2.75, 3.05) is 0 Å². The van der Waals surface area contributed by atoms with E-state index in [0.717, 1.165) is 12.5 Å². The Balaban J connectivity index is 2.17. The SMILES string of the molecule is CCCc1ccc2c(c1)CNC(CC(C)C)C2C. The van der Waals surface area contributed by atoms with Crippen molar-refractivity contribution < 1.29 is 0 Å². The fraction of sp³-hybridized carbons (Fsp3) is 0.647. The van der Waals surface area contributed by atoms with Gasteiger partial charge in [-0.1, -0.05) is 52.3 Å². The Morgan fingerprint density at radius 3 is 2.78 bits per heavy atom. The minimum atomic E-state index is 0.645. The topological polar surface area (TPSA) is 12.0 Å². The van der Waals surface area contributed by atoms with Crippen LogP contribution in [0, 0.1) is 5.92 Å². The van der Waals surface area contributed by atoms with Crippen molar-refractivity contribution >= 4 is 0 Å². The normalized spacial score (nSPS) is 23.2. The number of benzene rings is 1. The minimum absolute atomic E-state index is 0.645. The van der Waals surface area contributed by atoms with E-state index in [2.05, 4.69) is 51.2 Å². The summed E-state index contributed by atoms with van der Waals surface area (Å²) in [6.07, 6.45) is 3.71. The molecular formula is C17H27N. The molecule has 0 aromatic heterocycles. The standard InChI is InChI=1S/C17H27N/c1-5-6-14-7-8-16-13(4)17(9-12(2)3)18-11-15(16)10-14/h7-8,10,12-13,17-18H,5-6,9,11H2,1-4H3. The first-order valence-electron chi connectivity index (χ1n) is 7.47. The molecule has 18 heavy (non-hydrogen) atoms. The molecule has 1 aliphatic rings. The van der Waals surface area contributed by atoms with Crippen molar-refractivity contribution in [3.63, 3.8) is 0 Å². The maximum atomic E-state index is 3.73. The Hall–Kier alpha value is -0.820. The van der Waals surface area contributed by atoms with E-state index < -0.39 is 0 Å². The Bertz CT molecular complexity index is 395. The summed E-state index contributed by atoms with van der Waals surface area (Å²) in [5, 5.41) is 3.73. The first kappa shape index (κ1) is 13.6. The molecule has 0 bridgehead atoms. The van der Waals surface area contributed by atoms with E-state index in [1.54, 1.807) is 5.56 Å². The summed E-state index contributed by atoms with van der Waals surface area (Å²) in [4.78, 5) is 0. The molecule has 1 nitrogen and oxygen atoms in total. The predicted octanol–water partition coefficient (Wildman–Crippen LogP) is 4.26. The molecule has 0 fully saturated rings. The summed E-state index contributed by atoms with van der Waals surface area (Å²) in [6.45, 7) is 10.3. The maximum absolute atomic E-state index is 3.73. The van der Waals surface area contributed by atoms with Gasteiger partial charge in [-0.25, -0.2) is 0 Å². The number of nitrogens with one attached hydrogen (secondary N) is 1. The fourth-order valence-corrected chi connectivity index (χ4v) is 3.13. The summed E-state index contributed by atoms with van der Waals surface area (Å²) in [5.74, 6) is 1.41. The van der Waals surface area contributed by atoms with Crippen LogP contribution in [0.5, 0.6) is 0 Å². The largest absolute Gasteiger partial charge is 0.309 e. The van der Waals surface area contributed by atoms with Crippen LogP contribution in [0.3, 0.4) is 0 Å². The molecule has 0 saturated carbocycles. The zero-order chi connectivity index (χ0) is 13.1. The first-order valence-corrected chi connectivity index (χ1v) is 7.47. The molecular weight excluding hydrogens is 218 g/mol. The van der Waals surface area contributed by atoms with Gasteiger partial charge in [0.25, 0.3) is 0 Å². The average molecular weight is 245 g/mol. The van der Waals surface area contributed by atoms with Crippen LogP contribution in [0.15, 0.2) is 18.2 Å². The van der Waals surface area contributed by atoms with E-state index in [1.807, 2.05) is 0 Å². The molecule has 0 amide bonds. The molecule has 2 atom stereocenters. The van der Waals surface area contributed by atoms with Gasteiger partial charge in [-0.15, -0.1) is 0 Å². The van der Waals surface area contributed by atoms with Crippen LogP contribution < -0.4 is 5.32 Å². The lowest BCUT2D eigenvalue weighted by atomic mass is 9.82. The highest BCUT2D eigenvalue weighted by Gasteiger charge is 2.26. The zero-order valence-electron chi connectivity index (χ0n) is 12.3. The molecule has 0 radical (unpaired) electrons.